The van der Waals surface area contributed by atoms with Crippen LogP contribution in [0, 0.1) is 0 Å². The van der Waals surface area contributed by atoms with E-state index in [-0.39, 0.29) is 5.03 Å². The molecule has 0 bridgehead atoms. The van der Waals surface area contributed by atoms with Crippen LogP contribution in [0.2, 0.25) is 0 Å². The van der Waals surface area contributed by atoms with E-state index in [1.165, 1.54) is 16.9 Å². The summed E-state index contributed by atoms with van der Waals surface area (Å²) in [6, 6.07) is 11.2. The molecule has 0 saturated heterocycles. The van der Waals surface area contributed by atoms with E-state index in [1.54, 1.807) is 0 Å². The third-order valence-electron chi connectivity index (χ3n) is 2.38. The van der Waals surface area contributed by atoms with Crippen molar-refractivity contribution in [2.45, 2.75) is 18.0 Å². The lowest BCUT2D eigenvalue weighted by Crippen LogP contribution is -2.09. The van der Waals surface area contributed by atoms with Crippen LogP contribution in [0.1, 0.15) is 5.56 Å². The lowest BCUT2D eigenvalue weighted by Gasteiger charge is -2.04. The molecule has 6 heteroatoms. The highest BCUT2D eigenvalue weighted by Gasteiger charge is 2.15. The molecule has 1 aromatic carbocycles. The highest BCUT2D eigenvalue weighted by atomic mass is 35.7. The monoisotopic (exact) mass is 270 g/mol. The first-order valence-electron chi connectivity index (χ1n) is 5.08. The molecule has 0 aliphatic heterocycles. The third-order valence-corrected chi connectivity index (χ3v) is 3.70. The Bertz CT molecular complexity index is 593. The Labute approximate surface area is 104 Å². The van der Waals surface area contributed by atoms with Crippen LogP contribution in [0.4, 0.5) is 0 Å². The first-order chi connectivity index (χ1) is 8.07. The SMILES string of the molecule is O=S(=O)(Cl)c1ccnn1CCc1ccccc1. The van der Waals surface area contributed by atoms with Crippen molar-refractivity contribution in [3.05, 3.63) is 48.2 Å². The molecule has 17 heavy (non-hydrogen) atoms. The Morgan fingerprint density at radius 3 is 2.53 bits per heavy atom. The van der Waals surface area contributed by atoms with Gasteiger partial charge >= 0.3 is 0 Å². The summed E-state index contributed by atoms with van der Waals surface area (Å²) in [7, 11) is 1.58. The fourth-order valence-corrected chi connectivity index (χ4v) is 2.58. The topological polar surface area (TPSA) is 52.0 Å². The molecule has 90 valence electrons. The first-order valence-corrected chi connectivity index (χ1v) is 7.39. The standard InChI is InChI=1S/C11H11ClN2O2S/c12-17(15,16)11-6-8-13-14(11)9-7-10-4-2-1-3-5-10/h1-6,8H,7,9H2. The van der Waals surface area contributed by atoms with E-state index >= 15 is 0 Å². The molecule has 2 rings (SSSR count). The molecule has 0 saturated carbocycles. The van der Waals surface area contributed by atoms with E-state index in [2.05, 4.69) is 5.10 Å². The molecule has 0 N–H and O–H groups in total. The van der Waals surface area contributed by atoms with Crippen LogP contribution in [0.15, 0.2) is 47.6 Å². The minimum atomic E-state index is -3.72. The van der Waals surface area contributed by atoms with E-state index in [0.29, 0.717) is 13.0 Å². The molecule has 0 aliphatic rings. The minimum absolute atomic E-state index is 0.0371. The highest BCUT2D eigenvalue weighted by Crippen LogP contribution is 2.14. The normalized spacial score (nSPS) is 11.6. The lowest BCUT2D eigenvalue weighted by atomic mass is 10.1. The zero-order chi connectivity index (χ0) is 12.3. The van der Waals surface area contributed by atoms with E-state index in [0.717, 1.165) is 5.56 Å². The highest BCUT2D eigenvalue weighted by molar-refractivity contribution is 8.13. The van der Waals surface area contributed by atoms with Crippen molar-refractivity contribution in [2.24, 2.45) is 0 Å². The van der Waals surface area contributed by atoms with Crippen molar-refractivity contribution >= 4 is 19.7 Å². The molecular weight excluding hydrogens is 260 g/mol. The molecule has 0 atom stereocenters. The van der Waals surface area contributed by atoms with Crippen LogP contribution in [-0.2, 0) is 22.0 Å². The molecule has 0 amide bonds. The summed E-state index contributed by atoms with van der Waals surface area (Å²) in [5.74, 6) is 0. The number of nitrogens with zero attached hydrogens (tertiary/aromatic N) is 2. The number of rotatable bonds is 4. The Hall–Kier alpha value is -1.33. The molecule has 4 nitrogen and oxygen atoms in total. The number of hydrogen-bond donors (Lipinski definition) is 0. The summed E-state index contributed by atoms with van der Waals surface area (Å²) >= 11 is 0. The Morgan fingerprint density at radius 2 is 1.88 bits per heavy atom. The van der Waals surface area contributed by atoms with E-state index in [9.17, 15) is 8.42 Å². The van der Waals surface area contributed by atoms with Crippen molar-refractivity contribution in [3.63, 3.8) is 0 Å². The van der Waals surface area contributed by atoms with Crippen LogP contribution in [0.5, 0.6) is 0 Å². The van der Waals surface area contributed by atoms with Gasteiger partial charge in [0.2, 0.25) is 0 Å². The van der Waals surface area contributed by atoms with E-state index in [1.807, 2.05) is 30.3 Å². The Balaban J connectivity index is 2.13. The van der Waals surface area contributed by atoms with Crippen molar-refractivity contribution in [3.8, 4) is 0 Å². The van der Waals surface area contributed by atoms with Gasteiger partial charge in [-0.25, -0.2) is 8.42 Å². The Morgan fingerprint density at radius 1 is 1.18 bits per heavy atom. The average Bonchev–Trinajstić information content (AvgIpc) is 2.75. The number of aromatic nitrogens is 2. The van der Waals surface area contributed by atoms with Gasteiger partial charge < -0.3 is 0 Å². The molecular formula is C11H11ClN2O2S. The maximum atomic E-state index is 11.2. The molecule has 0 fully saturated rings. The predicted octanol–water partition coefficient (Wildman–Crippen LogP) is 2.05. The number of aryl methyl sites for hydroxylation is 2. The van der Waals surface area contributed by atoms with Gasteiger partial charge in [0.25, 0.3) is 9.05 Å². The maximum absolute atomic E-state index is 11.2. The second-order valence-electron chi connectivity index (χ2n) is 3.57. The van der Waals surface area contributed by atoms with Gasteiger partial charge in [0.1, 0.15) is 0 Å². The second kappa shape index (κ2) is 4.89. The van der Waals surface area contributed by atoms with Gasteiger partial charge in [-0.05, 0) is 18.1 Å². The molecule has 0 aliphatic carbocycles. The van der Waals surface area contributed by atoms with Gasteiger partial charge in [-0.15, -0.1) is 0 Å². The number of halogens is 1. The van der Waals surface area contributed by atoms with Gasteiger partial charge in [0.05, 0.1) is 6.20 Å². The Kier molecular flexibility index (Phi) is 3.49. The molecule has 0 unspecified atom stereocenters. The van der Waals surface area contributed by atoms with Crippen LogP contribution in [-0.4, -0.2) is 18.2 Å². The average molecular weight is 271 g/mol. The van der Waals surface area contributed by atoms with Crippen LogP contribution >= 0.6 is 10.7 Å². The van der Waals surface area contributed by atoms with Gasteiger partial charge in [-0.3, -0.25) is 4.68 Å². The van der Waals surface area contributed by atoms with Crippen molar-refractivity contribution in [1.82, 2.24) is 9.78 Å². The minimum Gasteiger partial charge on any atom is -0.253 e. The van der Waals surface area contributed by atoms with Gasteiger partial charge in [0.15, 0.2) is 5.03 Å². The van der Waals surface area contributed by atoms with Crippen molar-refractivity contribution in [2.75, 3.05) is 0 Å². The second-order valence-corrected chi connectivity index (χ2v) is 6.08. The summed E-state index contributed by atoms with van der Waals surface area (Å²) in [6.45, 7) is 0.484. The van der Waals surface area contributed by atoms with Gasteiger partial charge in [0, 0.05) is 17.2 Å². The summed E-state index contributed by atoms with van der Waals surface area (Å²) in [6.07, 6.45) is 2.14. The van der Waals surface area contributed by atoms with Gasteiger partial charge in [-0.1, -0.05) is 30.3 Å². The predicted molar refractivity (Wildman–Crippen MR) is 65.4 cm³/mol. The van der Waals surface area contributed by atoms with Crippen LogP contribution in [0.25, 0.3) is 0 Å². The van der Waals surface area contributed by atoms with Crippen LogP contribution in [0.3, 0.4) is 0 Å². The molecule has 0 radical (unpaired) electrons. The first kappa shape index (κ1) is 12.1. The number of benzene rings is 1. The van der Waals surface area contributed by atoms with E-state index < -0.39 is 9.05 Å². The largest absolute Gasteiger partial charge is 0.278 e. The van der Waals surface area contributed by atoms with Crippen molar-refractivity contribution < 1.29 is 8.42 Å². The maximum Gasteiger partial charge on any atom is 0.278 e. The lowest BCUT2D eigenvalue weighted by molar-refractivity contribution is 0.543. The molecule has 2 aromatic rings. The summed E-state index contributed by atoms with van der Waals surface area (Å²) in [5, 5.41) is 3.99. The fraction of sp³-hybridized carbons (Fsp3) is 0.182. The van der Waals surface area contributed by atoms with Crippen LogP contribution < -0.4 is 0 Å². The zero-order valence-electron chi connectivity index (χ0n) is 8.95. The van der Waals surface area contributed by atoms with Crippen molar-refractivity contribution in [1.29, 1.82) is 0 Å². The molecule has 0 spiro atoms. The van der Waals surface area contributed by atoms with Gasteiger partial charge in [-0.2, -0.15) is 5.10 Å². The quantitative estimate of drug-likeness (QED) is 0.799. The smallest absolute Gasteiger partial charge is 0.253 e. The molecule has 1 aromatic heterocycles. The van der Waals surface area contributed by atoms with E-state index in [4.69, 9.17) is 10.7 Å². The fourth-order valence-electron chi connectivity index (χ4n) is 1.58. The zero-order valence-corrected chi connectivity index (χ0v) is 10.5. The molecule has 1 heterocycles. The summed E-state index contributed by atoms with van der Waals surface area (Å²) < 4.78 is 23.9. The third kappa shape index (κ3) is 3.08. The summed E-state index contributed by atoms with van der Waals surface area (Å²) in [4.78, 5) is 0. The number of hydrogen-bond acceptors (Lipinski definition) is 3. The summed E-state index contributed by atoms with van der Waals surface area (Å²) in [5.41, 5.74) is 1.13.